The molecule has 1 heterocycles. The van der Waals surface area contributed by atoms with E-state index >= 15 is 0 Å². The summed E-state index contributed by atoms with van der Waals surface area (Å²) >= 11 is 0. The molecule has 1 aliphatic heterocycles. The maximum Gasteiger partial charge on any atom is 0.235 e. The summed E-state index contributed by atoms with van der Waals surface area (Å²) in [7, 11) is 0. The molecule has 1 saturated heterocycles. The molecule has 1 fully saturated rings. The second-order valence-electron chi connectivity index (χ2n) is 3.64. The number of nitrogens with one attached hydrogen (secondary N) is 2. The molecule has 0 spiro atoms. The molecule has 0 saturated carbocycles. The van der Waals surface area contributed by atoms with Crippen LogP contribution in [0.4, 0.5) is 0 Å². The van der Waals surface area contributed by atoms with Gasteiger partial charge in [-0.2, -0.15) is 5.26 Å². The fraction of sp³-hybridized carbons (Fsp3) is 0.800. The minimum Gasteiger partial charge on any atom is -0.354 e. The molecule has 5 nitrogen and oxygen atoms in total. The van der Waals surface area contributed by atoms with Crippen molar-refractivity contribution in [3.63, 3.8) is 0 Å². The van der Waals surface area contributed by atoms with Crippen LogP contribution >= 0.6 is 0 Å². The van der Waals surface area contributed by atoms with Gasteiger partial charge in [-0.15, -0.1) is 0 Å². The van der Waals surface area contributed by atoms with Crippen molar-refractivity contribution in [1.29, 1.82) is 5.26 Å². The second-order valence-corrected chi connectivity index (χ2v) is 3.64. The van der Waals surface area contributed by atoms with Gasteiger partial charge < -0.3 is 5.32 Å². The third-order valence-electron chi connectivity index (χ3n) is 2.38. The minimum atomic E-state index is -0.0455. The molecule has 0 aromatic carbocycles. The molecule has 0 unspecified atom stereocenters. The number of nitrogens with zero attached hydrogens (tertiary/aromatic N) is 2. The van der Waals surface area contributed by atoms with Crippen LogP contribution in [-0.2, 0) is 4.79 Å². The van der Waals surface area contributed by atoms with Gasteiger partial charge >= 0.3 is 0 Å². The van der Waals surface area contributed by atoms with Gasteiger partial charge in [0.05, 0.1) is 19.0 Å². The Labute approximate surface area is 90.4 Å². The highest BCUT2D eigenvalue weighted by molar-refractivity contribution is 5.77. The monoisotopic (exact) mass is 210 g/mol. The fourth-order valence-corrected chi connectivity index (χ4v) is 1.56. The summed E-state index contributed by atoms with van der Waals surface area (Å²) in [6.45, 7) is 2.79. The average Bonchev–Trinajstić information content (AvgIpc) is 2.28. The molecular weight excluding hydrogens is 192 g/mol. The van der Waals surface area contributed by atoms with Crippen molar-refractivity contribution >= 4 is 5.91 Å². The molecule has 0 bridgehead atoms. The Morgan fingerprint density at radius 3 is 2.73 bits per heavy atom. The smallest absolute Gasteiger partial charge is 0.235 e. The van der Waals surface area contributed by atoms with E-state index < -0.39 is 0 Å². The molecular formula is C10H18N4O. The standard InChI is InChI=1S/C10H18N4O/c11-5-4-6-12-10(15)9-13-14-7-2-1-3-8-14/h13H,1-4,6-9H2,(H,12,15). The molecule has 2 N–H and O–H groups in total. The average molecular weight is 210 g/mol. The van der Waals surface area contributed by atoms with Crippen LogP contribution in [0.15, 0.2) is 0 Å². The number of hydrogen-bond donors (Lipinski definition) is 2. The molecule has 1 rings (SSSR count). The van der Waals surface area contributed by atoms with Crippen LogP contribution in [0.3, 0.4) is 0 Å². The third kappa shape index (κ3) is 5.35. The Balaban J connectivity index is 2.03. The summed E-state index contributed by atoms with van der Waals surface area (Å²) in [5.41, 5.74) is 3.09. The minimum absolute atomic E-state index is 0.0455. The number of hydrogen-bond acceptors (Lipinski definition) is 4. The van der Waals surface area contributed by atoms with Gasteiger partial charge in [-0.3, -0.25) is 4.79 Å². The van der Waals surface area contributed by atoms with E-state index in [1.807, 2.05) is 6.07 Å². The molecule has 1 amide bonds. The number of amides is 1. The molecule has 1 aliphatic rings. The van der Waals surface area contributed by atoms with Crippen LogP contribution in [0, 0.1) is 11.3 Å². The molecule has 84 valence electrons. The molecule has 0 atom stereocenters. The predicted molar refractivity (Wildman–Crippen MR) is 56.7 cm³/mol. The topological polar surface area (TPSA) is 68.2 Å². The van der Waals surface area contributed by atoms with Gasteiger partial charge in [0.15, 0.2) is 0 Å². The summed E-state index contributed by atoms with van der Waals surface area (Å²) in [6.07, 6.45) is 4.05. The van der Waals surface area contributed by atoms with Crippen molar-refractivity contribution in [2.75, 3.05) is 26.2 Å². The summed E-state index contributed by atoms with van der Waals surface area (Å²) in [5, 5.41) is 13.1. The summed E-state index contributed by atoms with van der Waals surface area (Å²) in [6, 6.07) is 1.98. The van der Waals surface area contributed by atoms with Gasteiger partial charge in [0.2, 0.25) is 5.91 Å². The SMILES string of the molecule is N#CCCNC(=O)CNN1CCCCC1. The van der Waals surface area contributed by atoms with Crippen molar-refractivity contribution in [2.24, 2.45) is 0 Å². The second kappa shape index (κ2) is 7.21. The predicted octanol–water partition coefficient (Wildman–Crippen LogP) is 0.00678. The molecule has 0 aliphatic carbocycles. The number of nitriles is 1. The van der Waals surface area contributed by atoms with Crippen molar-refractivity contribution in [2.45, 2.75) is 25.7 Å². The number of hydrazine groups is 1. The molecule has 0 radical (unpaired) electrons. The van der Waals surface area contributed by atoms with Gasteiger partial charge in [-0.1, -0.05) is 6.42 Å². The van der Waals surface area contributed by atoms with E-state index in [1.165, 1.54) is 19.3 Å². The molecule has 15 heavy (non-hydrogen) atoms. The number of piperidine rings is 1. The Bertz CT molecular complexity index is 230. The van der Waals surface area contributed by atoms with Crippen molar-refractivity contribution in [3.8, 4) is 6.07 Å². The van der Waals surface area contributed by atoms with Crippen LogP contribution in [0.25, 0.3) is 0 Å². The maximum absolute atomic E-state index is 11.3. The fourth-order valence-electron chi connectivity index (χ4n) is 1.56. The van der Waals surface area contributed by atoms with Crippen LogP contribution in [0.2, 0.25) is 0 Å². The highest BCUT2D eigenvalue weighted by Gasteiger charge is 2.10. The normalized spacial score (nSPS) is 17.0. The van der Waals surface area contributed by atoms with Crippen LogP contribution in [0.1, 0.15) is 25.7 Å². The Morgan fingerprint density at radius 1 is 1.33 bits per heavy atom. The van der Waals surface area contributed by atoms with E-state index in [0.717, 1.165) is 13.1 Å². The number of carbonyl (C=O) groups is 1. The quantitative estimate of drug-likeness (QED) is 0.627. The van der Waals surface area contributed by atoms with Crippen LogP contribution < -0.4 is 10.7 Å². The zero-order chi connectivity index (χ0) is 10.9. The summed E-state index contributed by atoms with van der Waals surface area (Å²) in [5.74, 6) is -0.0455. The van der Waals surface area contributed by atoms with Crippen molar-refractivity contribution in [3.05, 3.63) is 0 Å². The van der Waals surface area contributed by atoms with E-state index in [-0.39, 0.29) is 5.91 Å². The highest BCUT2D eigenvalue weighted by Crippen LogP contribution is 2.05. The van der Waals surface area contributed by atoms with Gasteiger partial charge in [-0.25, -0.2) is 10.4 Å². The Kier molecular flexibility index (Phi) is 5.74. The van der Waals surface area contributed by atoms with E-state index in [2.05, 4.69) is 15.8 Å². The maximum atomic E-state index is 11.3. The first kappa shape index (κ1) is 12.0. The van der Waals surface area contributed by atoms with E-state index in [9.17, 15) is 4.79 Å². The van der Waals surface area contributed by atoms with Crippen molar-refractivity contribution in [1.82, 2.24) is 15.8 Å². The summed E-state index contributed by atoms with van der Waals surface area (Å²) < 4.78 is 0. The zero-order valence-electron chi connectivity index (χ0n) is 8.96. The lowest BCUT2D eigenvalue weighted by atomic mass is 10.2. The van der Waals surface area contributed by atoms with Gasteiger partial charge in [-0.05, 0) is 12.8 Å². The lowest BCUT2D eigenvalue weighted by Gasteiger charge is -2.26. The largest absolute Gasteiger partial charge is 0.354 e. The van der Waals surface area contributed by atoms with Crippen LogP contribution in [-0.4, -0.2) is 37.1 Å². The third-order valence-corrected chi connectivity index (χ3v) is 2.38. The zero-order valence-corrected chi connectivity index (χ0v) is 8.96. The first-order valence-electron chi connectivity index (χ1n) is 5.45. The van der Waals surface area contributed by atoms with Crippen LogP contribution in [0.5, 0.6) is 0 Å². The molecule has 0 aromatic heterocycles. The molecule has 0 aromatic rings. The Morgan fingerprint density at radius 2 is 2.07 bits per heavy atom. The van der Waals surface area contributed by atoms with E-state index in [0.29, 0.717) is 19.5 Å². The lowest BCUT2D eigenvalue weighted by molar-refractivity contribution is -0.121. The number of rotatable bonds is 5. The van der Waals surface area contributed by atoms with E-state index in [1.54, 1.807) is 0 Å². The highest BCUT2D eigenvalue weighted by atomic mass is 16.2. The molecule has 5 heteroatoms. The van der Waals surface area contributed by atoms with Gasteiger partial charge in [0.25, 0.3) is 0 Å². The lowest BCUT2D eigenvalue weighted by Crippen LogP contribution is -2.46. The number of carbonyl (C=O) groups excluding carboxylic acids is 1. The first-order valence-corrected chi connectivity index (χ1v) is 5.45. The van der Waals surface area contributed by atoms with Gasteiger partial charge in [0.1, 0.15) is 0 Å². The van der Waals surface area contributed by atoms with Gasteiger partial charge in [0, 0.05) is 19.6 Å². The van der Waals surface area contributed by atoms with E-state index in [4.69, 9.17) is 5.26 Å². The first-order chi connectivity index (χ1) is 7.33. The Hall–Kier alpha value is -1.12. The summed E-state index contributed by atoms with van der Waals surface area (Å²) in [4.78, 5) is 11.3. The van der Waals surface area contributed by atoms with Crippen molar-refractivity contribution < 1.29 is 4.79 Å².